The average Bonchev–Trinajstić information content (AvgIpc) is 3.20. The van der Waals surface area contributed by atoms with E-state index in [1.165, 1.54) is 23.9 Å². The number of aryl methyl sites for hydroxylation is 2. The molecule has 0 spiro atoms. The highest BCUT2D eigenvalue weighted by Gasteiger charge is 2.20. The van der Waals surface area contributed by atoms with Gasteiger partial charge in [0.05, 0.1) is 16.9 Å². The molecule has 1 fully saturated rings. The summed E-state index contributed by atoms with van der Waals surface area (Å²) in [7, 11) is 0. The second-order valence-electron chi connectivity index (χ2n) is 5.68. The highest BCUT2D eigenvalue weighted by Crippen LogP contribution is 2.28. The van der Waals surface area contributed by atoms with Crippen LogP contribution < -0.4 is 0 Å². The number of halogens is 1. The number of hydrogen-bond donors (Lipinski definition) is 0. The van der Waals surface area contributed by atoms with Gasteiger partial charge in [-0.2, -0.15) is 0 Å². The molecule has 0 N–H and O–H groups in total. The highest BCUT2D eigenvalue weighted by molar-refractivity contribution is 6.16. The van der Waals surface area contributed by atoms with Crippen molar-refractivity contribution in [3.63, 3.8) is 0 Å². The quantitative estimate of drug-likeness (QED) is 0.572. The van der Waals surface area contributed by atoms with Crippen molar-refractivity contribution in [1.82, 2.24) is 9.55 Å². The Balaban J connectivity index is 1.65. The van der Waals surface area contributed by atoms with Crippen LogP contribution in [0.15, 0.2) is 18.2 Å². The van der Waals surface area contributed by atoms with Crippen LogP contribution in [0.25, 0.3) is 11.0 Å². The van der Waals surface area contributed by atoms with Gasteiger partial charge in [0.15, 0.2) is 0 Å². The molecule has 0 saturated heterocycles. The van der Waals surface area contributed by atoms with Crippen molar-refractivity contribution in [3.05, 3.63) is 29.6 Å². The van der Waals surface area contributed by atoms with Crippen LogP contribution in [0.2, 0.25) is 0 Å². The van der Waals surface area contributed by atoms with Gasteiger partial charge in [0.2, 0.25) is 0 Å². The molecule has 20 heavy (non-hydrogen) atoms. The van der Waals surface area contributed by atoms with E-state index in [0.717, 1.165) is 43.4 Å². The van der Waals surface area contributed by atoms with Gasteiger partial charge in [0.1, 0.15) is 5.82 Å². The molecule has 0 amide bonds. The zero-order chi connectivity index (χ0) is 13.9. The first-order valence-corrected chi connectivity index (χ1v) is 7.91. The van der Waals surface area contributed by atoms with E-state index in [1.54, 1.807) is 0 Å². The van der Waals surface area contributed by atoms with Crippen molar-refractivity contribution in [1.29, 1.82) is 0 Å². The van der Waals surface area contributed by atoms with Gasteiger partial charge in [-0.3, -0.25) is 0 Å². The first kappa shape index (κ1) is 13.9. The molecule has 1 aromatic heterocycles. The first-order chi connectivity index (χ1) is 9.78. The van der Waals surface area contributed by atoms with Gasteiger partial charge in [-0.05, 0) is 49.8 Å². The van der Waals surface area contributed by atoms with E-state index >= 15 is 0 Å². The van der Waals surface area contributed by atoms with Crippen LogP contribution in [0.3, 0.4) is 0 Å². The summed E-state index contributed by atoms with van der Waals surface area (Å²) in [6, 6.07) is 6.38. The summed E-state index contributed by atoms with van der Waals surface area (Å²) in [4.78, 5) is 4.62. The van der Waals surface area contributed by atoms with Gasteiger partial charge in [0, 0.05) is 19.8 Å². The minimum atomic E-state index is 0.455. The number of aromatic nitrogens is 2. The second kappa shape index (κ2) is 6.15. The van der Waals surface area contributed by atoms with E-state index in [4.69, 9.17) is 16.3 Å². The lowest BCUT2D eigenvalue weighted by Gasteiger charge is -2.08. The summed E-state index contributed by atoms with van der Waals surface area (Å²) in [5.41, 5.74) is 3.45. The van der Waals surface area contributed by atoms with E-state index in [2.05, 4.69) is 34.7 Å². The van der Waals surface area contributed by atoms with Crippen molar-refractivity contribution in [2.45, 2.75) is 38.6 Å². The van der Waals surface area contributed by atoms with Crippen molar-refractivity contribution in [3.8, 4) is 0 Å². The fraction of sp³-hybridized carbons (Fsp3) is 0.562. The maximum absolute atomic E-state index is 6.02. The predicted molar refractivity (Wildman–Crippen MR) is 82.2 cm³/mol. The monoisotopic (exact) mass is 292 g/mol. The number of rotatable bonds is 7. The predicted octanol–water partition coefficient (Wildman–Crippen LogP) is 3.90. The minimum Gasteiger partial charge on any atom is -0.381 e. The van der Waals surface area contributed by atoms with Crippen molar-refractivity contribution >= 4 is 22.6 Å². The Kier molecular flexibility index (Phi) is 4.27. The summed E-state index contributed by atoms with van der Waals surface area (Å²) in [6.07, 6.45) is 3.71. The van der Waals surface area contributed by atoms with Crippen LogP contribution in [0, 0.1) is 12.8 Å². The number of alkyl halides is 1. The Hall–Kier alpha value is -1.06. The maximum Gasteiger partial charge on any atom is 0.124 e. The van der Waals surface area contributed by atoms with E-state index in [-0.39, 0.29) is 0 Å². The largest absolute Gasteiger partial charge is 0.381 e. The lowest BCUT2D eigenvalue weighted by Crippen LogP contribution is -2.06. The molecule has 1 saturated carbocycles. The minimum absolute atomic E-state index is 0.455. The molecule has 108 valence electrons. The van der Waals surface area contributed by atoms with Crippen LogP contribution in [-0.2, 0) is 17.2 Å². The number of fused-ring (bicyclic) bond motifs is 1. The lowest BCUT2D eigenvalue weighted by atomic mass is 10.2. The van der Waals surface area contributed by atoms with E-state index < -0.39 is 0 Å². The molecule has 3 nitrogen and oxygen atoms in total. The van der Waals surface area contributed by atoms with Crippen molar-refractivity contribution in [2.75, 3.05) is 13.2 Å². The Morgan fingerprint density at radius 3 is 3.00 bits per heavy atom. The van der Waals surface area contributed by atoms with Crippen molar-refractivity contribution < 1.29 is 4.74 Å². The fourth-order valence-electron chi connectivity index (χ4n) is 2.50. The Bertz CT molecular complexity index is 589. The zero-order valence-electron chi connectivity index (χ0n) is 11.9. The number of imidazole rings is 1. The van der Waals surface area contributed by atoms with Crippen LogP contribution in [-0.4, -0.2) is 22.8 Å². The van der Waals surface area contributed by atoms with E-state index in [1.807, 2.05) is 0 Å². The SMILES string of the molecule is Cc1ccc2c(c1)nc(CCl)n2CCCOCC1CC1. The Morgan fingerprint density at radius 1 is 1.40 bits per heavy atom. The van der Waals surface area contributed by atoms with Gasteiger partial charge in [-0.25, -0.2) is 4.98 Å². The molecular formula is C16H21ClN2O. The molecule has 0 atom stereocenters. The van der Waals surface area contributed by atoms with Gasteiger partial charge in [-0.15, -0.1) is 11.6 Å². The number of nitrogens with zero attached hydrogens (tertiary/aromatic N) is 2. The number of ether oxygens (including phenoxy) is 1. The zero-order valence-corrected chi connectivity index (χ0v) is 12.7. The Labute approximate surface area is 124 Å². The third-order valence-corrected chi connectivity index (χ3v) is 4.06. The molecule has 1 aliphatic rings. The molecular weight excluding hydrogens is 272 g/mol. The van der Waals surface area contributed by atoms with Gasteiger partial charge in [-0.1, -0.05) is 6.07 Å². The molecule has 1 aromatic carbocycles. The smallest absolute Gasteiger partial charge is 0.124 e. The van der Waals surface area contributed by atoms with Gasteiger partial charge in [0.25, 0.3) is 0 Å². The summed E-state index contributed by atoms with van der Waals surface area (Å²) in [6.45, 7) is 4.77. The third kappa shape index (κ3) is 3.15. The first-order valence-electron chi connectivity index (χ1n) is 7.37. The third-order valence-electron chi connectivity index (χ3n) is 3.82. The fourth-order valence-corrected chi connectivity index (χ4v) is 2.70. The normalized spacial score (nSPS) is 15.1. The summed E-state index contributed by atoms with van der Waals surface area (Å²) < 4.78 is 7.92. The molecule has 1 heterocycles. The molecule has 3 rings (SSSR count). The van der Waals surface area contributed by atoms with Gasteiger partial charge < -0.3 is 9.30 Å². The molecule has 0 unspecified atom stereocenters. The average molecular weight is 293 g/mol. The molecule has 2 aromatic rings. The molecule has 4 heteroatoms. The summed E-state index contributed by atoms with van der Waals surface area (Å²) in [5.74, 6) is 2.25. The van der Waals surface area contributed by atoms with Crippen LogP contribution >= 0.6 is 11.6 Å². The lowest BCUT2D eigenvalue weighted by molar-refractivity contribution is 0.119. The van der Waals surface area contributed by atoms with E-state index in [9.17, 15) is 0 Å². The summed E-state index contributed by atoms with van der Waals surface area (Å²) >= 11 is 6.02. The van der Waals surface area contributed by atoms with Crippen LogP contribution in [0.5, 0.6) is 0 Å². The number of benzene rings is 1. The highest BCUT2D eigenvalue weighted by atomic mass is 35.5. The molecule has 0 aliphatic heterocycles. The molecule has 1 aliphatic carbocycles. The maximum atomic E-state index is 6.02. The Morgan fingerprint density at radius 2 is 2.25 bits per heavy atom. The standard InChI is InChI=1S/C16H21ClN2O/c1-12-3-6-15-14(9-12)18-16(10-17)19(15)7-2-8-20-11-13-4-5-13/h3,6,9,13H,2,4-5,7-8,10-11H2,1H3. The van der Waals surface area contributed by atoms with E-state index in [0.29, 0.717) is 5.88 Å². The topological polar surface area (TPSA) is 27.1 Å². The summed E-state index contributed by atoms with van der Waals surface area (Å²) in [5, 5.41) is 0. The molecule has 0 bridgehead atoms. The molecule has 0 radical (unpaired) electrons. The number of hydrogen-bond acceptors (Lipinski definition) is 2. The van der Waals surface area contributed by atoms with Crippen LogP contribution in [0.4, 0.5) is 0 Å². The second-order valence-corrected chi connectivity index (χ2v) is 5.94. The van der Waals surface area contributed by atoms with Gasteiger partial charge >= 0.3 is 0 Å². The van der Waals surface area contributed by atoms with Crippen LogP contribution in [0.1, 0.15) is 30.7 Å². The van der Waals surface area contributed by atoms with Crippen molar-refractivity contribution in [2.24, 2.45) is 5.92 Å².